The molecule has 1 aliphatic heterocycles. The van der Waals surface area contributed by atoms with E-state index in [2.05, 4.69) is 10.6 Å². The maximum Gasteiger partial charge on any atom is 0.321 e. The van der Waals surface area contributed by atoms with E-state index in [9.17, 15) is 4.79 Å². The minimum atomic E-state index is -0.0426. The van der Waals surface area contributed by atoms with Gasteiger partial charge in [0.15, 0.2) is 0 Å². The van der Waals surface area contributed by atoms with Crippen molar-refractivity contribution >= 4 is 24.1 Å². The molecule has 2 N–H and O–H groups in total. The second kappa shape index (κ2) is 7.97. The zero-order valence-electron chi connectivity index (χ0n) is 11.9. The van der Waals surface area contributed by atoms with E-state index in [0.717, 1.165) is 37.6 Å². The molecule has 0 atom stereocenters. The van der Waals surface area contributed by atoms with Crippen LogP contribution < -0.4 is 15.4 Å². The van der Waals surface area contributed by atoms with Gasteiger partial charge in [-0.2, -0.15) is 0 Å². The van der Waals surface area contributed by atoms with Crippen LogP contribution in [0.5, 0.6) is 5.75 Å². The topological polar surface area (TPSA) is 53.6 Å². The first-order valence-electron chi connectivity index (χ1n) is 6.68. The number of halogens is 1. The molecule has 1 aromatic carbocycles. The predicted molar refractivity (Wildman–Crippen MR) is 82.9 cm³/mol. The van der Waals surface area contributed by atoms with Gasteiger partial charge in [-0.1, -0.05) is 0 Å². The number of ether oxygens (including phenoxy) is 1. The Morgan fingerprint density at radius 1 is 1.25 bits per heavy atom. The van der Waals surface area contributed by atoms with Gasteiger partial charge in [0.2, 0.25) is 0 Å². The number of amides is 2. The van der Waals surface area contributed by atoms with Crippen LogP contribution in [0.3, 0.4) is 0 Å². The fourth-order valence-corrected chi connectivity index (χ4v) is 1.96. The average Bonchev–Trinajstić information content (AvgIpc) is 2.41. The summed E-state index contributed by atoms with van der Waals surface area (Å²) >= 11 is 0. The molecule has 0 radical (unpaired) electrons. The number of nitrogens with one attached hydrogen (secondary N) is 2. The number of hydrogen-bond donors (Lipinski definition) is 2. The van der Waals surface area contributed by atoms with E-state index >= 15 is 0 Å². The molecule has 0 aliphatic carbocycles. The van der Waals surface area contributed by atoms with Gasteiger partial charge >= 0.3 is 6.03 Å². The van der Waals surface area contributed by atoms with E-state index in [1.807, 2.05) is 43.0 Å². The van der Waals surface area contributed by atoms with E-state index < -0.39 is 0 Å². The Labute approximate surface area is 126 Å². The highest BCUT2D eigenvalue weighted by Gasteiger charge is 2.15. The number of urea groups is 1. The zero-order valence-corrected chi connectivity index (χ0v) is 12.7. The van der Waals surface area contributed by atoms with Crippen molar-refractivity contribution in [3.63, 3.8) is 0 Å². The van der Waals surface area contributed by atoms with Crippen molar-refractivity contribution < 1.29 is 9.53 Å². The van der Waals surface area contributed by atoms with Gasteiger partial charge in [0.05, 0.1) is 6.10 Å². The Hall–Kier alpha value is -1.46. The van der Waals surface area contributed by atoms with E-state index in [1.165, 1.54) is 0 Å². The molecule has 2 rings (SSSR count). The summed E-state index contributed by atoms with van der Waals surface area (Å²) in [5, 5.41) is 6.12. The highest BCUT2D eigenvalue weighted by Crippen LogP contribution is 2.17. The lowest BCUT2D eigenvalue weighted by atomic mass is 10.3. The minimum absolute atomic E-state index is 0. The highest BCUT2D eigenvalue weighted by atomic mass is 35.5. The van der Waals surface area contributed by atoms with Crippen molar-refractivity contribution in [1.29, 1.82) is 0 Å². The molecule has 0 aromatic heterocycles. The van der Waals surface area contributed by atoms with Crippen LogP contribution in [0.1, 0.15) is 13.8 Å². The summed E-state index contributed by atoms with van der Waals surface area (Å²) in [6.45, 7) is 7.18. The molecule has 2 amide bonds. The molecule has 0 spiro atoms. The van der Waals surface area contributed by atoms with E-state index in [1.54, 1.807) is 0 Å². The Bertz CT molecular complexity index is 417. The molecule has 1 saturated heterocycles. The Morgan fingerprint density at radius 2 is 1.85 bits per heavy atom. The van der Waals surface area contributed by atoms with Crippen molar-refractivity contribution in [3.05, 3.63) is 24.3 Å². The quantitative estimate of drug-likeness (QED) is 0.901. The molecule has 1 heterocycles. The number of benzene rings is 1. The lowest BCUT2D eigenvalue weighted by Gasteiger charge is -2.27. The van der Waals surface area contributed by atoms with E-state index in [0.29, 0.717) is 0 Å². The lowest BCUT2D eigenvalue weighted by molar-refractivity contribution is 0.204. The number of hydrogen-bond acceptors (Lipinski definition) is 3. The van der Waals surface area contributed by atoms with E-state index in [-0.39, 0.29) is 24.5 Å². The van der Waals surface area contributed by atoms with Gasteiger partial charge in [-0.25, -0.2) is 4.79 Å². The first kappa shape index (κ1) is 16.6. The second-order valence-electron chi connectivity index (χ2n) is 4.86. The molecule has 112 valence electrons. The summed E-state index contributed by atoms with van der Waals surface area (Å²) in [6.07, 6.45) is 0.154. The summed E-state index contributed by atoms with van der Waals surface area (Å²) in [5.41, 5.74) is 0.791. The average molecular weight is 300 g/mol. The van der Waals surface area contributed by atoms with Crippen molar-refractivity contribution in [3.8, 4) is 5.75 Å². The molecule has 0 saturated carbocycles. The molecule has 5 nitrogen and oxygen atoms in total. The van der Waals surface area contributed by atoms with Gasteiger partial charge in [-0.3, -0.25) is 0 Å². The first-order chi connectivity index (χ1) is 9.15. The smallest absolute Gasteiger partial charge is 0.321 e. The standard InChI is InChI=1S/C14H21N3O2.ClH/c1-11(2)19-13-5-3-12(4-6-13)16-14(18)17-9-7-15-8-10-17;/h3-6,11,15H,7-10H2,1-2H3,(H,16,18);1H. The maximum absolute atomic E-state index is 12.0. The number of carbonyl (C=O) groups is 1. The minimum Gasteiger partial charge on any atom is -0.491 e. The third kappa shape index (κ3) is 4.90. The van der Waals surface area contributed by atoms with Gasteiger partial charge in [-0.15, -0.1) is 12.4 Å². The maximum atomic E-state index is 12.0. The Balaban J connectivity index is 0.00000200. The number of piperazine rings is 1. The summed E-state index contributed by atoms with van der Waals surface area (Å²) in [5.74, 6) is 0.815. The van der Waals surface area contributed by atoms with Crippen LogP contribution in [-0.2, 0) is 0 Å². The molecular formula is C14H22ClN3O2. The van der Waals surface area contributed by atoms with Crippen LogP contribution in [0.4, 0.5) is 10.5 Å². The molecular weight excluding hydrogens is 278 g/mol. The molecule has 20 heavy (non-hydrogen) atoms. The van der Waals surface area contributed by atoms with Crippen LogP contribution in [0.2, 0.25) is 0 Å². The number of rotatable bonds is 3. The second-order valence-corrected chi connectivity index (χ2v) is 4.86. The van der Waals surface area contributed by atoms with Gasteiger partial charge in [0, 0.05) is 31.9 Å². The number of nitrogens with zero attached hydrogens (tertiary/aromatic N) is 1. The SMILES string of the molecule is CC(C)Oc1ccc(NC(=O)N2CCNCC2)cc1.Cl. The van der Waals surface area contributed by atoms with Gasteiger partial charge in [-0.05, 0) is 38.1 Å². The predicted octanol–water partition coefficient (Wildman–Crippen LogP) is 2.33. The molecule has 0 bridgehead atoms. The van der Waals surface area contributed by atoms with Gasteiger partial charge < -0.3 is 20.3 Å². The van der Waals surface area contributed by atoms with Crippen molar-refractivity contribution in [2.75, 3.05) is 31.5 Å². The van der Waals surface area contributed by atoms with Crippen molar-refractivity contribution in [2.45, 2.75) is 20.0 Å². The largest absolute Gasteiger partial charge is 0.491 e. The molecule has 1 aromatic rings. The zero-order chi connectivity index (χ0) is 13.7. The lowest BCUT2D eigenvalue weighted by Crippen LogP contribution is -2.48. The van der Waals surface area contributed by atoms with Crippen LogP contribution in [0.15, 0.2) is 24.3 Å². The monoisotopic (exact) mass is 299 g/mol. The third-order valence-electron chi connectivity index (χ3n) is 2.88. The molecule has 0 unspecified atom stereocenters. The first-order valence-corrected chi connectivity index (χ1v) is 6.68. The fourth-order valence-electron chi connectivity index (χ4n) is 1.96. The summed E-state index contributed by atoms with van der Waals surface area (Å²) < 4.78 is 5.56. The van der Waals surface area contributed by atoms with Gasteiger partial charge in [0.1, 0.15) is 5.75 Å². The van der Waals surface area contributed by atoms with Crippen LogP contribution in [0.25, 0.3) is 0 Å². The van der Waals surface area contributed by atoms with Gasteiger partial charge in [0.25, 0.3) is 0 Å². The third-order valence-corrected chi connectivity index (χ3v) is 2.88. The van der Waals surface area contributed by atoms with Crippen molar-refractivity contribution in [2.24, 2.45) is 0 Å². The molecule has 1 fully saturated rings. The summed E-state index contributed by atoms with van der Waals surface area (Å²) in [6, 6.07) is 7.41. The molecule has 1 aliphatic rings. The van der Waals surface area contributed by atoms with Crippen LogP contribution >= 0.6 is 12.4 Å². The normalized spacial score (nSPS) is 14.7. The summed E-state index contributed by atoms with van der Waals surface area (Å²) in [7, 11) is 0. The van der Waals surface area contributed by atoms with Crippen molar-refractivity contribution in [1.82, 2.24) is 10.2 Å². The fraction of sp³-hybridized carbons (Fsp3) is 0.500. The molecule has 6 heteroatoms. The van der Waals surface area contributed by atoms with E-state index in [4.69, 9.17) is 4.74 Å². The number of anilines is 1. The highest BCUT2D eigenvalue weighted by molar-refractivity contribution is 5.89. The Kier molecular flexibility index (Phi) is 6.61. The number of carbonyl (C=O) groups excluding carboxylic acids is 1. The summed E-state index contributed by atoms with van der Waals surface area (Å²) in [4.78, 5) is 13.8. The van der Waals surface area contributed by atoms with Crippen LogP contribution in [0, 0.1) is 0 Å². The van der Waals surface area contributed by atoms with Crippen LogP contribution in [-0.4, -0.2) is 43.2 Å². The Morgan fingerprint density at radius 3 is 2.40 bits per heavy atom.